The molecule has 0 unspecified atom stereocenters. The zero-order valence-corrected chi connectivity index (χ0v) is 27.0. The smallest absolute Gasteiger partial charge is 0.0639 e. The monoisotopic (exact) mass is 638 g/mol. The number of thiophene rings is 3. The van der Waals surface area contributed by atoms with Gasteiger partial charge in [-0.05, 0) is 35.4 Å². The van der Waals surface area contributed by atoms with Crippen LogP contribution >= 0.6 is 82.9 Å². The third-order valence-corrected chi connectivity index (χ3v) is 13.6. The van der Waals surface area contributed by atoms with Gasteiger partial charge in [0, 0.05) is 53.3 Å². The van der Waals surface area contributed by atoms with Crippen molar-refractivity contribution in [3.05, 3.63) is 115 Å². The fraction of sp³-hybridized carbons (Fsp3) is 0.0909. The van der Waals surface area contributed by atoms with E-state index >= 15 is 0 Å². The van der Waals surface area contributed by atoms with E-state index in [0.717, 1.165) is 52.9 Å². The van der Waals surface area contributed by atoms with Crippen molar-refractivity contribution < 1.29 is 0 Å². The fourth-order valence-corrected chi connectivity index (χ4v) is 11.9. The highest BCUT2D eigenvalue weighted by Crippen LogP contribution is 2.55. The van der Waals surface area contributed by atoms with Gasteiger partial charge in [0.15, 0.2) is 0 Å². The predicted molar refractivity (Wildman–Crippen MR) is 192 cm³/mol. The minimum absolute atomic E-state index is 0.133. The molecular formula is C33H18S7. The maximum absolute atomic E-state index is 5.86. The van der Waals surface area contributed by atoms with Crippen LogP contribution < -0.4 is 0 Å². The topological polar surface area (TPSA) is 0 Å². The standard InChI is InChI=1S/C33H18S7/c1-33(2)15(11-21-26(34)17-7-3-4-8-18(17)27(21)35)12-23-25(33)31-32(39-23)30-24(40-31)14-16(38-30)13-22-28(36)19-9-5-6-10-20(19)29(22)37/h3-14H,1-2H3. The molecule has 0 saturated heterocycles. The van der Waals surface area contributed by atoms with E-state index < -0.39 is 0 Å². The second kappa shape index (κ2) is 8.82. The molecule has 0 nitrogen and oxygen atoms in total. The Balaban J connectivity index is 1.18. The molecule has 0 radical (unpaired) electrons. The van der Waals surface area contributed by atoms with Gasteiger partial charge in [0.05, 0.1) is 33.6 Å². The largest absolute Gasteiger partial charge is 0.133 e. The van der Waals surface area contributed by atoms with Crippen LogP contribution in [0.15, 0.2) is 77.4 Å². The minimum Gasteiger partial charge on any atom is -0.133 e. The summed E-state index contributed by atoms with van der Waals surface area (Å²) in [5.41, 5.74) is 8.88. The number of allylic oxidation sites excluding steroid dienone is 4. The summed E-state index contributed by atoms with van der Waals surface area (Å²) in [4.78, 5) is 5.98. The number of fused-ring (bicyclic) bond motifs is 7. The molecule has 0 aliphatic heterocycles. The number of benzene rings is 2. The average molecular weight is 639 g/mol. The summed E-state index contributed by atoms with van der Waals surface area (Å²) in [7, 11) is 0. The molecule has 7 heteroatoms. The Morgan fingerprint density at radius 2 is 1.15 bits per heavy atom. The molecular weight excluding hydrogens is 621 g/mol. The van der Waals surface area contributed by atoms with Gasteiger partial charge in [-0.3, -0.25) is 0 Å². The minimum atomic E-state index is -0.133. The van der Waals surface area contributed by atoms with Crippen LogP contribution in [0, 0.1) is 0 Å². The predicted octanol–water partition coefficient (Wildman–Crippen LogP) is 10.5. The summed E-state index contributed by atoms with van der Waals surface area (Å²) < 4.78 is 5.46. The van der Waals surface area contributed by atoms with Crippen molar-refractivity contribution in [1.82, 2.24) is 0 Å². The van der Waals surface area contributed by atoms with Gasteiger partial charge in [0.2, 0.25) is 0 Å². The van der Waals surface area contributed by atoms with E-state index in [0.29, 0.717) is 0 Å². The molecule has 0 N–H and O–H groups in total. The summed E-state index contributed by atoms with van der Waals surface area (Å²) in [6.45, 7) is 4.65. The van der Waals surface area contributed by atoms with Gasteiger partial charge >= 0.3 is 0 Å². The Hall–Kier alpha value is -2.36. The van der Waals surface area contributed by atoms with Gasteiger partial charge in [-0.1, -0.05) is 111 Å². The second-order valence-corrected chi connectivity index (χ2v) is 15.5. The van der Waals surface area contributed by atoms with Gasteiger partial charge in [-0.2, -0.15) is 0 Å². The van der Waals surface area contributed by atoms with Crippen LogP contribution in [0.4, 0.5) is 0 Å². The highest BCUT2D eigenvalue weighted by Gasteiger charge is 2.38. The first-order valence-electron chi connectivity index (χ1n) is 12.8. The van der Waals surface area contributed by atoms with Gasteiger partial charge < -0.3 is 0 Å². The lowest BCUT2D eigenvalue weighted by Gasteiger charge is -2.22. The quantitative estimate of drug-likeness (QED) is 0.139. The lowest BCUT2D eigenvalue weighted by atomic mass is 9.81. The zero-order valence-electron chi connectivity index (χ0n) is 21.3. The van der Waals surface area contributed by atoms with Gasteiger partial charge in [0.1, 0.15) is 0 Å². The van der Waals surface area contributed by atoms with Crippen molar-refractivity contribution >= 4 is 133 Å². The van der Waals surface area contributed by atoms with E-state index in [2.05, 4.69) is 62.4 Å². The van der Waals surface area contributed by atoms with Gasteiger partial charge in [0.25, 0.3) is 0 Å². The molecule has 3 aliphatic rings. The molecule has 2 aromatic carbocycles. The van der Waals surface area contributed by atoms with Crippen LogP contribution in [0.3, 0.4) is 0 Å². The van der Waals surface area contributed by atoms with Crippen LogP contribution in [0.5, 0.6) is 0 Å². The van der Waals surface area contributed by atoms with Crippen molar-refractivity contribution in [2.75, 3.05) is 0 Å². The Bertz CT molecular complexity index is 2070. The summed E-state index contributed by atoms with van der Waals surface area (Å²) in [6, 6.07) is 18.7. The summed E-state index contributed by atoms with van der Waals surface area (Å²) >= 11 is 29.0. The second-order valence-electron chi connectivity index (χ2n) is 10.7. The number of thiocarbonyl (C=S) groups is 4. The molecule has 0 fully saturated rings. The van der Waals surface area contributed by atoms with Gasteiger partial charge in [-0.15, -0.1) is 34.0 Å². The summed E-state index contributed by atoms with van der Waals surface area (Å²) in [6.07, 6.45) is 6.78. The SMILES string of the molecule is CC1(C)C(C=C2C(=S)c3ccccc3C2=S)=Cc2sc3c(sc4cc(C=C5C(=S)c6ccccc6C5=S)sc43)c21. The third-order valence-electron chi connectivity index (χ3n) is 8.06. The molecule has 40 heavy (non-hydrogen) atoms. The van der Waals surface area contributed by atoms with E-state index in [-0.39, 0.29) is 5.41 Å². The Morgan fingerprint density at radius 3 is 1.70 bits per heavy atom. The molecule has 8 rings (SSSR count). The Labute approximate surface area is 265 Å². The maximum Gasteiger partial charge on any atom is 0.0639 e. The molecule has 0 bridgehead atoms. The average Bonchev–Trinajstić information content (AvgIpc) is 3.73. The number of hydrogen-bond acceptors (Lipinski definition) is 7. The molecule has 0 saturated carbocycles. The molecule has 5 aromatic rings. The third kappa shape index (κ3) is 3.43. The van der Waals surface area contributed by atoms with Crippen LogP contribution in [-0.4, -0.2) is 19.5 Å². The fourth-order valence-electron chi connectivity index (χ4n) is 5.97. The van der Waals surface area contributed by atoms with E-state index in [9.17, 15) is 0 Å². The van der Waals surface area contributed by atoms with Crippen molar-refractivity contribution in [2.45, 2.75) is 19.3 Å². The normalized spacial score (nSPS) is 17.2. The van der Waals surface area contributed by atoms with Crippen LogP contribution in [0.1, 0.15) is 51.4 Å². The van der Waals surface area contributed by atoms with E-state index in [1.807, 2.05) is 58.3 Å². The highest BCUT2D eigenvalue weighted by molar-refractivity contribution is 7.84. The molecule has 0 atom stereocenters. The molecule has 3 heterocycles. The van der Waals surface area contributed by atoms with Crippen molar-refractivity contribution in [1.29, 1.82) is 0 Å². The Kier molecular flexibility index (Phi) is 5.59. The van der Waals surface area contributed by atoms with Crippen LogP contribution in [-0.2, 0) is 5.41 Å². The molecule has 3 aromatic heterocycles. The summed E-state index contributed by atoms with van der Waals surface area (Å²) in [5, 5.41) is 0. The molecule has 0 amide bonds. The lowest BCUT2D eigenvalue weighted by molar-refractivity contribution is 0.663. The first kappa shape index (κ1) is 25.4. The molecule has 0 spiro atoms. The van der Waals surface area contributed by atoms with Crippen LogP contribution in [0.2, 0.25) is 0 Å². The maximum atomic E-state index is 5.86. The zero-order chi connectivity index (χ0) is 27.5. The van der Waals surface area contributed by atoms with Crippen molar-refractivity contribution in [2.24, 2.45) is 0 Å². The van der Waals surface area contributed by atoms with E-state index in [1.54, 1.807) is 0 Å². The first-order chi connectivity index (χ1) is 19.2. The van der Waals surface area contributed by atoms with Crippen molar-refractivity contribution in [3.8, 4) is 0 Å². The molecule has 3 aliphatic carbocycles. The number of rotatable bonds is 2. The summed E-state index contributed by atoms with van der Waals surface area (Å²) in [5.74, 6) is 0. The van der Waals surface area contributed by atoms with Crippen LogP contribution in [0.25, 0.3) is 31.0 Å². The van der Waals surface area contributed by atoms with Crippen molar-refractivity contribution in [3.63, 3.8) is 0 Å². The number of hydrogen-bond donors (Lipinski definition) is 0. The lowest BCUT2D eigenvalue weighted by Crippen LogP contribution is -2.16. The highest BCUT2D eigenvalue weighted by atomic mass is 32.1. The Morgan fingerprint density at radius 1 is 0.625 bits per heavy atom. The van der Waals surface area contributed by atoms with E-state index in [1.165, 1.54) is 39.7 Å². The van der Waals surface area contributed by atoms with Gasteiger partial charge in [-0.25, -0.2) is 0 Å². The molecule has 192 valence electrons. The first-order valence-corrected chi connectivity index (χ1v) is 16.8. The van der Waals surface area contributed by atoms with E-state index in [4.69, 9.17) is 48.9 Å².